The highest BCUT2D eigenvalue weighted by molar-refractivity contribution is 5.85. The van der Waals surface area contributed by atoms with Crippen LogP contribution in [-0.4, -0.2) is 25.5 Å². The molecule has 0 unspecified atom stereocenters. The van der Waals surface area contributed by atoms with Crippen LogP contribution in [0.15, 0.2) is 18.2 Å². The Morgan fingerprint density at radius 1 is 1.19 bits per heavy atom. The number of ether oxygens (including phenoxy) is 3. The van der Waals surface area contributed by atoms with E-state index in [0.29, 0.717) is 17.1 Å². The highest BCUT2D eigenvalue weighted by Crippen LogP contribution is 2.22. The molecule has 0 radical (unpaired) electrons. The minimum absolute atomic E-state index is 0. The molecule has 0 saturated heterocycles. The number of benzene rings is 1. The Labute approximate surface area is 99.3 Å². The van der Waals surface area contributed by atoms with Crippen LogP contribution in [0.5, 0.6) is 11.5 Å². The minimum Gasteiger partial charge on any atom is -0.497 e. The van der Waals surface area contributed by atoms with E-state index in [9.17, 15) is 4.79 Å². The molecule has 0 saturated carbocycles. The first-order valence-electron chi connectivity index (χ1n) is 4.23. The molecule has 0 bridgehead atoms. The molecule has 0 heterocycles. The van der Waals surface area contributed by atoms with Gasteiger partial charge < -0.3 is 19.3 Å². The molecule has 0 aliphatic heterocycles. The van der Waals surface area contributed by atoms with Gasteiger partial charge >= 0.3 is 6.16 Å². The van der Waals surface area contributed by atoms with Crippen molar-refractivity contribution < 1.29 is 24.1 Å². The maximum Gasteiger partial charge on any atom is 0.506 e. The molecule has 0 aliphatic carbocycles. The van der Waals surface area contributed by atoms with E-state index in [0.717, 1.165) is 0 Å². The molecule has 6 heteroatoms. The average Bonchev–Trinajstić information content (AvgIpc) is 2.25. The summed E-state index contributed by atoms with van der Waals surface area (Å²) >= 11 is 0. The van der Waals surface area contributed by atoms with E-state index in [4.69, 9.17) is 14.6 Å². The summed E-state index contributed by atoms with van der Waals surface area (Å²) in [5.74, 6) is 1.19. The predicted molar refractivity (Wildman–Crippen MR) is 59.6 cm³/mol. The van der Waals surface area contributed by atoms with Crippen LogP contribution < -0.4 is 9.47 Å². The van der Waals surface area contributed by atoms with E-state index in [1.165, 1.54) is 14.2 Å². The van der Waals surface area contributed by atoms with Gasteiger partial charge in [-0.1, -0.05) is 0 Å². The second-order valence-electron chi connectivity index (χ2n) is 2.78. The average molecular weight is 249 g/mol. The molecule has 16 heavy (non-hydrogen) atoms. The van der Waals surface area contributed by atoms with Crippen LogP contribution in [0.4, 0.5) is 4.79 Å². The lowest BCUT2D eigenvalue weighted by atomic mass is 10.2. The maximum atomic E-state index is 10.2. The monoisotopic (exact) mass is 248 g/mol. The molecule has 0 fully saturated rings. The Kier molecular flexibility index (Phi) is 6.10. The van der Waals surface area contributed by atoms with Gasteiger partial charge in [-0.3, -0.25) is 0 Å². The van der Waals surface area contributed by atoms with E-state index in [-0.39, 0.29) is 19.0 Å². The lowest BCUT2D eigenvalue weighted by Gasteiger charge is -2.07. The molecule has 0 aromatic heterocycles. The minimum atomic E-state index is -1.31. The smallest absolute Gasteiger partial charge is 0.497 e. The van der Waals surface area contributed by atoms with Crippen LogP contribution in [0.25, 0.3) is 0 Å². The van der Waals surface area contributed by atoms with Gasteiger partial charge in [-0.2, -0.15) is 0 Å². The number of carboxylic acid groups (broad SMARTS) is 1. The number of rotatable bonds is 4. The van der Waals surface area contributed by atoms with Crippen molar-refractivity contribution in [1.29, 1.82) is 0 Å². The van der Waals surface area contributed by atoms with Gasteiger partial charge in [-0.05, 0) is 17.7 Å². The summed E-state index contributed by atoms with van der Waals surface area (Å²) in [7, 11) is 3.05. The normalized spacial score (nSPS) is 8.88. The third kappa shape index (κ3) is 4.27. The Hall–Kier alpha value is -1.62. The lowest BCUT2D eigenvalue weighted by Crippen LogP contribution is -2.00. The van der Waals surface area contributed by atoms with Gasteiger partial charge in [0.25, 0.3) is 0 Å². The van der Waals surface area contributed by atoms with Crippen molar-refractivity contribution in [2.24, 2.45) is 0 Å². The summed E-state index contributed by atoms with van der Waals surface area (Å²) in [4.78, 5) is 10.2. The van der Waals surface area contributed by atoms with Crippen LogP contribution in [0.2, 0.25) is 0 Å². The number of halogens is 1. The summed E-state index contributed by atoms with van der Waals surface area (Å²) in [5.41, 5.74) is 0.675. The molecule has 1 aromatic rings. The lowest BCUT2D eigenvalue weighted by molar-refractivity contribution is 0.0852. The zero-order valence-corrected chi connectivity index (χ0v) is 9.74. The third-order valence-electron chi connectivity index (χ3n) is 1.77. The molecule has 0 aliphatic rings. The van der Waals surface area contributed by atoms with E-state index in [1.54, 1.807) is 18.2 Å². The van der Waals surface area contributed by atoms with Gasteiger partial charge in [0.05, 0.1) is 14.2 Å². The van der Waals surface area contributed by atoms with E-state index in [2.05, 4.69) is 4.74 Å². The SMILES string of the molecule is COc1cc(COC(=O)O)cc(OC)c1.Cl. The van der Waals surface area contributed by atoms with Gasteiger partial charge in [0.2, 0.25) is 0 Å². The van der Waals surface area contributed by atoms with Crippen molar-refractivity contribution in [3.05, 3.63) is 23.8 Å². The standard InChI is InChI=1S/C10H12O5.ClH/c1-13-8-3-7(6-15-10(11)12)4-9(5-8)14-2;/h3-5H,6H2,1-2H3,(H,11,12);1H. The largest absolute Gasteiger partial charge is 0.506 e. The molecular weight excluding hydrogens is 236 g/mol. The van der Waals surface area contributed by atoms with Crippen molar-refractivity contribution in [3.8, 4) is 11.5 Å². The third-order valence-corrected chi connectivity index (χ3v) is 1.77. The van der Waals surface area contributed by atoms with Crippen molar-refractivity contribution in [1.82, 2.24) is 0 Å². The van der Waals surface area contributed by atoms with Crippen molar-refractivity contribution in [3.63, 3.8) is 0 Å². The molecule has 90 valence electrons. The number of hydrogen-bond donors (Lipinski definition) is 1. The van der Waals surface area contributed by atoms with Crippen LogP contribution in [-0.2, 0) is 11.3 Å². The van der Waals surface area contributed by atoms with E-state index >= 15 is 0 Å². The zero-order valence-electron chi connectivity index (χ0n) is 8.93. The number of methoxy groups -OCH3 is 2. The number of carbonyl (C=O) groups is 1. The molecule has 0 amide bonds. The summed E-state index contributed by atoms with van der Waals surface area (Å²) in [6.45, 7) is -0.0249. The first-order chi connectivity index (χ1) is 7.15. The molecule has 0 atom stereocenters. The Morgan fingerprint density at radius 3 is 2.06 bits per heavy atom. The Bertz CT molecular complexity index is 331. The van der Waals surface area contributed by atoms with E-state index < -0.39 is 6.16 Å². The fourth-order valence-corrected chi connectivity index (χ4v) is 1.09. The summed E-state index contributed by atoms with van der Waals surface area (Å²) in [5, 5.41) is 8.34. The highest BCUT2D eigenvalue weighted by atomic mass is 35.5. The number of hydrogen-bond acceptors (Lipinski definition) is 4. The molecule has 1 N–H and O–H groups in total. The quantitative estimate of drug-likeness (QED) is 0.829. The molecule has 0 spiro atoms. The van der Waals surface area contributed by atoms with Gasteiger partial charge in [-0.25, -0.2) is 4.79 Å². The highest BCUT2D eigenvalue weighted by Gasteiger charge is 2.04. The fourth-order valence-electron chi connectivity index (χ4n) is 1.09. The summed E-state index contributed by atoms with van der Waals surface area (Å²) in [6, 6.07) is 5.07. The van der Waals surface area contributed by atoms with Crippen molar-refractivity contribution in [2.45, 2.75) is 6.61 Å². The van der Waals surface area contributed by atoms with Crippen LogP contribution in [0.1, 0.15) is 5.56 Å². The van der Waals surface area contributed by atoms with Gasteiger partial charge in [-0.15, -0.1) is 12.4 Å². The summed E-state index contributed by atoms with van der Waals surface area (Å²) < 4.78 is 14.5. The fraction of sp³-hybridized carbons (Fsp3) is 0.300. The van der Waals surface area contributed by atoms with Gasteiger partial charge in [0.15, 0.2) is 0 Å². The van der Waals surface area contributed by atoms with E-state index in [1.807, 2.05) is 0 Å². The van der Waals surface area contributed by atoms with Gasteiger partial charge in [0, 0.05) is 6.07 Å². The molecule has 1 aromatic carbocycles. The zero-order chi connectivity index (χ0) is 11.3. The van der Waals surface area contributed by atoms with Crippen LogP contribution in [0.3, 0.4) is 0 Å². The molecule has 1 rings (SSSR count). The van der Waals surface area contributed by atoms with Crippen molar-refractivity contribution in [2.75, 3.05) is 14.2 Å². The molecular formula is C10H13ClO5. The Balaban J connectivity index is 0.00000225. The van der Waals surface area contributed by atoms with Crippen molar-refractivity contribution >= 4 is 18.6 Å². The second kappa shape index (κ2) is 6.79. The second-order valence-corrected chi connectivity index (χ2v) is 2.78. The first kappa shape index (κ1) is 14.4. The Morgan fingerprint density at radius 2 is 1.69 bits per heavy atom. The first-order valence-corrected chi connectivity index (χ1v) is 4.23. The predicted octanol–water partition coefficient (Wildman–Crippen LogP) is 2.32. The van der Waals surface area contributed by atoms with Gasteiger partial charge in [0.1, 0.15) is 18.1 Å². The van der Waals surface area contributed by atoms with Crippen LogP contribution in [0, 0.1) is 0 Å². The maximum absolute atomic E-state index is 10.2. The summed E-state index contributed by atoms with van der Waals surface area (Å²) in [6.07, 6.45) is -1.31. The van der Waals surface area contributed by atoms with Crippen LogP contribution >= 0.6 is 12.4 Å². The molecule has 5 nitrogen and oxygen atoms in total. The topological polar surface area (TPSA) is 65.0 Å².